The van der Waals surface area contributed by atoms with Crippen molar-refractivity contribution >= 4 is 29.0 Å². The molecule has 2 aromatic rings. The Balaban J connectivity index is 2.61. The first-order valence-electron chi connectivity index (χ1n) is 6.60. The molecule has 0 N–H and O–H groups in total. The molecule has 0 heterocycles. The van der Waals surface area contributed by atoms with E-state index in [2.05, 4.69) is 61.7 Å². The molecule has 3 rings (SSSR count). The second-order valence-electron chi connectivity index (χ2n) is 4.73. The average Bonchev–Trinajstić information content (AvgIpc) is 2.65. The third-order valence-corrected chi connectivity index (χ3v) is 3.62. The smallest absolute Gasteiger partial charge is 0.00236 e. The Labute approximate surface area is 113 Å². The van der Waals surface area contributed by atoms with Gasteiger partial charge in [-0.3, -0.25) is 0 Å². The molecule has 0 unspecified atom stereocenters. The van der Waals surface area contributed by atoms with E-state index in [4.69, 9.17) is 0 Å². The zero-order valence-corrected chi connectivity index (χ0v) is 11.1. The lowest BCUT2D eigenvalue weighted by Gasteiger charge is -2.09. The monoisotopic (exact) mass is 244 g/mol. The van der Waals surface area contributed by atoms with Crippen LogP contribution in [-0.2, 0) is 6.42 Å². The lowest BCUT2D eigenvalue weighted by molar-refractivity contribution is 1.30. The van der Waals surface area contributed by atoms with Gasteiger partial charge in [-0.15, -0.1) is 12.3 Å². The van der Waals surface area contributed by atoms with E-state index in [0.717, 1.165) is 6.42 Å². The van der Waals surface area contributed by atoms with Gasteiger partial charge >= 0.3 is 0 Å². The van der Waals surface area contributed by atoms with Crippen molar-refractivity contribution in [2.24, 2.45) is 0 Å². The van der Waals surface area contributed by atoms with E-state index in [1.54, 1.807) is 0 Å². The molecule has 0 aromatic heterocycles. The molecule has 19 heavy (non-hydrogen) atoms. The first-order chi connectivity index (χ1) is 9.35. The first-order valence-corrected chi connectivity index (χ1v) is 6.60. The van der Waals surface area contributed by atoms with Crippen LogP contribution in [0.15, 0.2) is 48.7 Å². The quantitative estimate of drug-likeness (QED) is 0.561. The van der Waals surface area contributed by atoms with E-state index in [1.165, 1.54) is 32.3 Å². The molecule has 92 valence electrons. The molecule has 1 aliphatic carbocycles. The Morgan fingerprint density at radius 3 is 2.84 bits per heavy atom. The molecule has 1 aliphatic rings. The second-order valence-corrected chi connectivity index (χ2v) is 4.73. The largest absolute Gasteiger partial charge is 0.120 e. The van der Waals surface area contributed by atoms with E-state index in [-0.39, 0.29) is 0 Å². The molecule has 2 aromatic carbocycles. The average molecular weight is 244 g/mol. The topological polar surface area (TPSA) is 0 Å². The molecule has 0 amide bonds. The van der Waals surface area contributed by atoms with Crippen LogP contribution in [0.2, 0.25) is 0 Å². The van der Waals surface area contributed by atoms with Gasteiger partial charge in [-0.2, -0.15) is 0 Å². The summed E-state index contributed by atoms with van der Waals surface area (Å²) in [7, 11) is 0. The lowest BCUT2D eigenvalue weighted by atomic mass is 9.95. The minimum absolute atomic E-state index is 0.901. The lowest BCUT2D eigenvalue weighted by Crippen LogP contribution is -2.12. The van der Waals surface area contributed by atoms with Gasteiger partial charge in [-0.05, 0) is 63.9 Å². The molecule has 0 heteroatoms. The van der Waals surface area contributed by atoms with Crippen LogP contribution in [0.25, 0.3) is 29.0 Å². The van der Waals surface area contributed by atoms with Crippen molar-refractivity contribution in [3.8, 4) is 0 Å². The minimum atomic E-state index is 0.901. The maximum atomic E-state index is 3.87. The highest BCUT2D eigenvalue weighted by Crippen LogP contribution is 2.19. The third kappa shape index (κ3) is 1.87. The molecule has 0 saturated carbocycles. The van der Waals surface area contributed by atoms with Gasteiger partial charge in [0.1, 0.15) is 0 Å². The number of benzene rings is 2. The molecular formula is C19H16. The van der Waals surface area contributed by atoms with Crippen molar-refractivity contribution in [3.63, 3.8) is 0 Å². The van der Waals surface area contributed by atoms with Crippen molar-refractivity contribution in [2.75, 3.05) is 0 Å². The van der Waals surface area contributed by atoms with E-state index in [0.29, 0.717) is 0 Å². The molecule has 0 radical (unpaired) electrons. The summed E-state index contributed by atoms with van der Waals surface area (Å²) in [4.78, 5) is 0. The summed E-state index contributed by atoms with van der Waals surface area (Å²) in [6.45, 7) is 5.96. The zero-order valence-electron chi connectivity index (χ0n) is 11.1. The van der Waals surface area contributed by atoms with Gasteiger partial charge in [0.2, 0.25) is 0 Å². The van der Waals surface area contributed by atoms with Crippen molar-refractivity contribution in [2.45, 2.75) is 13.3 Å². The van der Waals surface area contributed by atoms with Gasteiger partial charge in [-0.1, -0.05) is 36.4 Å². The molecule has 0 fully saturated rings. The Bertz CT molecular complexity index is 842. The van der Waals surface area contributed by atoms with Crippen LogP contribution in [0.1, 0.15) is 18.1 Å². The van der Waals surface area contributed by atoms with E-state index < -0.39 is 0 Å². The fourth-order valence-electron chi connectivity index (χ4n) is 2.75. The zero-order chi connectivity index (χ0) is 13.2. The van der Waals surface area contributed by atoms with Crippen LogP contribution in [0.4, 0.5) is 0 Å². The number of hydrogen-bond donors (Lipinski definition) is 0. The van der Waals surface area contributed by atoms with Crippen LogP contribution in [0, 0.1) is 0 Å². The van der Waals surface area contributed by atoms with E-state index >= 15 is 0 Å². The summed E-state index contributed by atoms with van der Waals surface area (Å²) < 4.78 is 0. The maximum absolute atomic E-state index is 3.87. The van der Waals surface area contributed by atoms with Crippen LogP contribution < -0.4 is 10.4 Å². The van der Waals surface area contributed by atoms with Gasteiger partial charge in [0.25, 0.3) is 0 Å². The van der Waals surface area contributed by atoms with Crippen molar-refractivity contribution in [3.05, 3.63) is 70.3 Å². The molecule has 0 atom stereocenters. The Morgan fingerprint density at radius 1 is 1.16 bits per heavy atom. The number of hydrogen-bond acceptors (Lipinski definition) is 0. The maximum Gasteiger partial charge on any atom is -0.00236 e. The molecule has 0 bridgehead atoms. The van der Waals surface area contributed by atoms with E-state index in [1.807, 2.05) is 12.2 Å². The summed E-state index contributed by atoms with van der Waals surface area (Å²) >= 11 is 0. The van der Waals surface area contributed by atoms with Crippen LogP contribution in [-0.4, -0.2) is 0 Å². The van der Waals surface area contributed by atoms with Gasteiger partial charge < -0.3 is 0 Å². The van der Waals surface area contributed by atoms with Crippen molar-refractivity contribution in [1.29, 1.82) is 0 Å². The molecule has 0 saturated heterocycles. The standard InChI is InChI=1S/C19H16/c1-3-7-15-12-13-17-9-6-5-8-16-11-10-14(4-2)18(15)19(16)17/h3-4,6,8-13H,1,7H2,2H3/b14-4-. The first kappa shape index (κ1) is 11.8. The Morgan fingerprint density at radius 2 is 2.05 bits per heavy atom. The van der Waals surface area contributed by atoms with Gasteiger partial charge in [0.05, 0.1) is 0 Å². The van der Waals surface area contributed by atoms with Crippen LogP contribution in [0.3, 0.4) is 0 Å². The fourth-order valence-corrected chi connectivity index (χ4v) is 2.75. The molecule has 0 nitrogen and oxygen atoms in total. The normalized spacial score (nSPS) is 13.4. The summed E-state index contributed by atoms with van der Waals surface area (Å²) in [6.07, 6.45) is 11.2. The highest BCUT2D eigenvalue weighted by atomic mass is 14.1. The molecule has 0 aliphatic heterocycles. The summed E-state index contributed by atoms with van der Waals surface area (Å²) in [5.41, 5.74) is 5.79. The SMILES string of the molecule is C=CCc1ccc2c3c(cc/c(=C/C)c13)C=C=CC=2. The van der Waals surface area contributed by atoms with Crippen LogP contribution >= 0.6 is 0 Å². The van der Waals surface area contributed by atoms with Crippen LogP contribution in [0.5, 0.6) is 0 Å². The Hall–Kier alpha value is -2.30. The third-order valence-electron chi connectivity index (χ3n) is 3.62. The number of allylic oxidation sites excluding steroid dienone is 2. The summed E-state index contributed by atoms with van der Waals surface area (Å²) in [5.74, 6) is 0. The van der Waals surface area contributed by atoms with Gasteiger partial charge in [0, 0.05) is 0 Å². The predicted molar refractivity (Wildman–Crippen MR) is 84.3 cm³/mol. The molecule has 0 spiro atoms. The predicted octanol–water partition coefficient (Wildman–Crippen LogP) is 3.33. The second kappa shape index (κ2) is 4.76. The Kier molecular flexibility index (Phi) is 2.95. The van der Waals surface area contributed by atoms with Crippen molar-refractivity contribution in [1.82, 2.24) is 0 Å². The fraction of sp³-hybridized carbons (Fsp3) is 0.105. The van der Waals surface area contributed by atoms with Gasteiger partial charge in [0.15, 0.2) is 0 Å². The molecular weight excluding hydrogens is 228 g/mol. The minimum Gasteiger partial charge on any atom is -0.120 e. The summed E-state index contributed by atoms with van der Waals surface area (Å²) in [5, 5.41) is 5.24. The summed E-state index contributed by atoms with van der Waals surface area (Å²) in [6, 6.07) is 8.78. The highest BCUT2D eigenvalue weighted by Gasteiger charge is 2.07. The van der Waals surface area contributed by atoms with Gasteiger partial charge in [-0.25, -0.2) is 0 Å². The number of rotatable bonds is 2. The van der Waals surface area contributed by atoms with Crippen molar-refractivity contribution < 1.29 is 0 Å². The highest BCUT2D eigenvalue weighted by molar-refractivity contribution is 5.95. The van der Waals surface area contributed by atoms with E-state index in [9.17, 15) is 0 Å².